The summed E-state index contributed by atoms with van der Waals surface area (Å²) in [4.78, 5) is 21.3. The maximum atomic E-state index is 10.5. The van der Waals surface area contributed by atoms with E-state index in [1.165, 1.54) is 6.07 Å². The van der Waals surface area contributed by atoms with Crippen molar-refractivity contribution in [2.45, 2.75) is 0 Å². The number of rotatable bonds is 5. The number of allylic oxidation sites excluding steroid dienone is 3. The van der Waals surface area contributed by atoms with E-state index in [1.807, 2.05) is 49.4 Å². The molecule has 0 aliphatic carbocycles. The molecule has 2 aromatic carbocycles. The largest absolute Gasteiger partial charge is 0.378 e. The van der Waals surface area contributed by atoms with Crippen molar-refractivity contribution in [2.75, 3.05) is 19.0 Å². The zero-order valence-corrected chi connectivity index (χ0v) is 13.9. The molecule has 2 aromatic rings. The van der Waals surface area contributed by atoms with Crippen molar-refractivity contribution in [3.8, 4) is 5.75 Å². The normalized spacial score (nSPS) is 14.1. The quantitative estimate of drug-likeness (QED) is 0.608. The van der Waals surface area contributed by atoms with Gasteiger partial charge in [-0.3, -0.25) is 9.83 Å². The minimum atomic E-state index is -0.821. The zero-order chi connectivity index (χ0) is 17.8. The average Bonchev–Trinajstić information content (AvgIpc) is 2.97. The second kappa shape index (κ2) is 7.00. The molecule has 1 heterocycles. The smallest absolute Gasteiger partial charge is 0.299 e. The van der Waals surface area contributed by atoms with E-state index in [1.54, 1.807) is 18.3 Å². The lowest BCUT2D eigenvalue weighted by Gasteiger charge is -2.11. The van der Waals surface area contributed by atoms with E-state index in [-0.39, 0.29) is 5.75 Å². The van der Waals surface area contributed by atoms with Crippen LogP contribution in [-0.4, -0.2) is 25.4 Å². The van der Waals surface area contributed by atoms with E-state index >= 15 is 0 Å². The highest BCUT2D eigenvalue weighted by Gasteiger charge is 2.13. The molecule has 0 saturated heterocycles. The summed E-state index contributed by atoms with van der Waals surface area (Å²) >= 11 is 0. The summed E-state index contributed by atoms with van der Waals surface area (Å²) in [6.45, 7) is 0. The van der Waals surface area contributed by atoms with Crippen molar-refractivity contribution < 1.29 is 9.92 Å². The maximum absolute atomic E-state index is 10.5. The number of hydrogen-bond donors (Lipinski definition) is 0. The molecular weight excluding hydrogens is 318 g/mol. The lowest BCUT2D eigenvalue weighted by atomic mass is 10.1. The van der Waals surface area contributed by atoms with Crippen molar-refractivity contribution in [1.82, 2.24) is 0 Å². The first kappa shape index (κ1) is 16.4. The summed E-state index contributed by atoms with van der Waals surface area (Å²) in [7, 11) is 4.01. The molecule has 1 aliphatic heterocycles. The molecule has 1 aliphatic rings. The topological polar surface area (TPSA) is 68.0 Å². The minimum Gasteiger partial charge on any atom is -0.378 e. The molecule has 126 valence electrons. The fourth-order valence-electron chi connectivity index (χ4n) is 2.49. The Morgan fingerprint density at radius 3 is 2.60 bits per heavy atom. The van der Waals surface area contributed by atoms with Crippen LogP contribution in [0.4, 0.5) is 11.4 Å². The van der Waals surface area contributed by atoms with Crippen LogP contribution in [0.1, 0.15) is 11.1 Å². The van der Waals surface area contributed by atoms with Crippen LogP contribution in [0, 0.1) is 10.1 Å². The lowest BCUT2D eigenvalue weighted by molar-refractivity contribution is -0.711. The number of nitrogens with zero attached hydrogens (tertiary/aromatic N) is 3. The van der Waals surface area contributed by atoms with Gasteiger partial charge in [0.15, 0.2) is 0 Å². The molecule has 0 bridgehead atoms. The van der Waals surface area contributed by atoms with Gasteiger partial charge in [-0.1, -0.05) is 30.4 Å². The third kappa shape index (κ3) is 3.92. The fraction of sp³-hybridized carbons (Fsp3) is 0.105. The first-order valence-corrected chi connectivity index (χ1v) is 7.69. The molecule has 0 unspecified atom stereocenters. The van der Waals surface area contributed by atoms with E-state index < -0.39 is 5.09 Å². The average molecular weight is 335 g/mol. The summed E-state index contributed by atoms with van der Waals surface area (Å²) < 4.78 is 0. The Kier molecular flexibility index (Phi) is 4.61. The predicted octanol–water partition coefficient (Wildman–Crippen LogP) is 4.14. The third-order valence-electron chi connectivity index (χ3n) is 3.78. The Morgan fingerprint density at radius 2 is 1.92 bits per heavy atom. The molecule has 6 nitrogen and oxygen atoms in total. The van der Waals surface area contributed by atoms with Crippen LogP contribution in [-0.2, 0) is 0 Å². The van der Waals surface area contributed by atoms with Crippen LogP contribution in [0.3, 0.4) is 0 Å². The van der Waals surface area contributed by atoms with Gasteiger partial charge in [0.05, 0.1) is 5.69 Å². The van der Waals surface area contributed by atoms with E-state index in [0.717, 1.165) is 28.1 Å². The van der Waals surface area contributed by atoms with Crippen LogP contribution in [0.5, 0.6) is 5.75 Å². The second-order valence-electron chi connectivity index (χ2n) is 5.72. The molecule has 0 aromatic heterocycles. The molecule has 0 N–H and O–H groups in total. The van der Waals surface area contributed by atoms with Crippen molar-refractivity contribution in [3.05, 3.63) is 75.9 Å². The van der Waals surface area contributed by atoms with Crippen molar-refractivity contribution in [3.63, 3.8) is 0 Å². The van der Waals surface area contributed by atoms with E-state index in [2.05, 4.69) is 22.0 Å². The number of anilines is 1. The van der Waals surface area contributed by atoms with Crippen molar-refractivity contribution in [1.29, 1.82) is 0 Å². The van der Waals surface area contributed by atoms with E-state index in [0.29, 0.717) is 0 Å². The second-order valence-corrected chi connectivity index (χ2v) is 5.72. The Morgan fingerprint density at radius 1 is 1.16 bits per heavy atom. The Labute approximate surface area is 145 Å². The number of benzene rings is 2. The van der Waals surface area contributed by atoms with E-state index in [9.17, 15) is 10.1 Å². The predicted molar refractivity (Wildman–Crippen MR) is 100.0 cm³/mol. The van der Waals surface area contributed by atoms with Gasteiger partial charge in [-0.05, 0) is 35.9 Å². The molecule has 0 amide bonds. The molecule has 0 saturated carbocycles. The maximum Gasteiger partial charge on any atom is 0.299 e. The number of aliphatic imine (C=N–C) groups is 1. The Bertz CT molecular complexity index is 881. The summed E-state index contributed by atoms with van der Waals surface area (Å²) in [5.41, 5.74) is 4.69. The van der Waals surface area contributed by atoms with Gasteiger partial charge in [-0.25, -0.2) is 0 Å². The molecule has 6 heteroatoms. The molecule has 0 spiro atoms. The zero-order valence-electron chi connectivity index (χ0n) is 13.9. The van der Waals surface area contributed by atoms with Gasteiger partial charge >= 0.3 is 0 Å². The first-order valence-electron chi connectivity index (χ1n) is 7.69. The van der Waals surface area contributed by atoms with Gasteiger partial charge in [-0.15, -0.1) is 10.1 Å². The first-order chi connectivity index (χ1) is 12.0. The Balaban J connectivity index is 1.77. The summed E-state index contributed by atoms with van der Waals surface area (Å²) in [6.07, 6.45) is 7.59. The molecule has 25 heavy (non-hydrogen) atoms. The van der Waals surface area contributed by atoms with Crippen molar-refractivity contribution in [2.24, 2.45) is 4.99 Å². The molecule has 0 radical (unpaired) electrons. The van der Waals surface area contributed by atoms with Gasteiger partial charge in [0, 0.05) is 37.1 Å². The van der Waals surface area contributed by atoms with Crippen LogP contribution in [0.25, 0.3) is 11.6 Å². The van der Waals surface area contributed by atoms with Gasteiger partial charge in [0.1, 0.15) is 5.75 Å². The molecule has 3 rings (SSSR count). The van der Waals surface area contributed by atoms with Crippen LogP contribution in [0.2, 0.25) is 0 Å². The standard InChI is InChI=1S/C19H17N3O3/c1-21(2)16-8-6-14(7-9-16)4-3-5-15-13-20-19-11-10-17(12-18(15)19)25-22(23)24/h3-13H,1-2H3. The van der Waals surface area contributed by atoms with Gasteiger partial charge in [0.25, 0.3) is 5.09 Å². The van der Waals surface area contributed by atoms with E-state index in [4.69, 9.17) is 0 Å². The molecular formula is C19H17N3O3. The van der Waals surface area contributed by atoms with Gasteiger partial charge < -0.3 is 4.90 Å². The highest BCUT2D eigenvalue weighted by atomic mass is 17.0. The molecule has 0 fully saturated rings. The van der Waals surface area contributed by atoms with Crippen LogP contribution in [0.15, 0.2) is 59.6 Å². The fourth-order valence-corrected chi connectivity index (χ4v) is 2.49. The number of hydrogen-bond acceptors (Lipinski definition) is 5. The third-order valence-corrected chi connectivity index (χ3v) is 3.78. The highest BCUT2D eigenvalue weighted by Crippen LogP contribution is 2.34. The van der Waals surface area contributed by atoms with Crippen LogP contribution < -0.4 is 9.74 Å². The summed E-state index contributed by atoms with van der Waals surface area (Å²) in [6, 6.07) is 13.1. The Hall–Kier alpha value is -3.41. The molecule has 0 atom stereocenters. The highest BCUT2D eigenvalue weighted by molar-refractivity contribution is 6.17. The number of fused-ring (bicyclic) bond motifs is 1. The monoisotopic (exact) mass is 335 g/mol. The van der Waals surface area contributed by atoms with Crippen LogP contribution >= 0.6 is 0 Å². The van der Waals surface area contributed by atoms with Crippen molar-refractivity contribution >= 4 is 29.2 Å². The van der Waals surface area contributed by atoms with Gasteiger partial charge in [0.2, 0.25) is 0 Å². The van der Waals surface area contributed by atoms with Gasteiger partial charge in [-0.2, -0.15) is 0 Å². The SMILES string of the molecule is CN(C)c1ccc(C=CC=C2C=Nc3ccc(O[N+](=O)[O-])cc32)cc1. The lowest BCUT2D eigenvalue weighted by Crippen LogP contribution is -2.07. The summed E-state index contributed by atoms with van der Waals surface area (Å²) in [5, 5.41) is 9.65. The minimum absolute atomic E-state index is 0.184. The summed E-state index contributed by atoms with van der Waals surface area (Å²) in [5.74, 6) is 0.184.